The van der Waals surface area contributed by atoms with E-state index in [1.165, 1.54) is 5.56 Å². The van der Waals surface area contributed by atoms with E-state index in [4.69, 9.17) is 0 Å². The summed E-state index contributed by atoms with van der Waals surface area (Å²) in [6, 6.07) is 8.37. The fourth-order valence-electron chi connectivity index (χ4n) is 2.19. The van der Waals surface area contributed by atoms with Crippen LogP contribution in [0.5, 0.6) is 0 Å². The molecular weight excluding hydrogens is 268 g/mol. The lowest BCUT2D eigenvalue weighted by Crippen LogP contribution is -2.31. The second kappa shape index (κ2) is 6.93. The Morgan fingerprint density at radius 2 is 2.00 bits per heavy atom. The van der Waals surface area contributed by atoms with E-state index < -0.39 is 0 Å². The van der Waals surface area contributed by atoms with Crippen molar-refractivity contribution in [3.63, 3.8) is 0 Å². The Kier molecular flexibility index (Phi) is 5.24. The minimum atomic E-state index is -0.146. The van der Waals surface area contributed by atoms with Crippen LogP contribution >= 0.6 is 11.8 Å². The molecule has 4 heteroatoms. The molecule has 3 nitrogen and oxygen atoms in total. The molecule has 0 spiro atoms. The Hall–Kier alpha value is -1.29. The van der Waals surface area contributed by atoms with Gasteiger partial charge in [0.05, 0.1) is 12.5 Å². The first-order valence-electron chi connectivity index (χ1n) is 7.13. The highest BCUT2D eigenvalue weighted by atomic mass is 32.2. The zero-order chi connectivity index (χ0) is 14.5. The second-order valence-electron chi connectivity index (χ2n) is 5.59. The minimum absolute atomic E-state index is 0.0229. The molecule has 1 amide bonds. The summed E-state index contributed by atoms with van der Waals surface area (Å²) in [5, 5.41) is 3.66. The molecule has 0 radical (unpaired) electrons. The molecule has 1 atom stereocenters. The maximum Gasteiger partial charge on any atom is 0.233 e. The van der Waals surface area contributed by atoms with Crippen LogP contribution in [0.25, 0.3) is 0 Å². The van der Waals surface area contributed by atoms with Crippen molar-refractivity contribution in [1.82, 2.24) is 5.32 Å². The topological polar surface area (TPSA) is 41.5 Å². The van der Waals surface area contributed by atoms with E-state index in [0.29, 0.717) is 5.92 Å². The highest BCUT2D eigenvalue weighted by molar-refractivity contribution is 8.14. The lowest BCUT2D eigenvalue weighted by atomic mass is 9.96. The van der Waals surface area contributed by atoms with Crippen molar-refractivity contribution in [2.24, 2.45) is 10.9 Å². The monoisotopic (exact) mass is 290 g/mol. The third-order valence-electron chi connectivity index (χ3n) is 3.33. The summed E-state index contributed by atoms with van der Waals surface area (Å²) in [5.41, 5.74) is 2.38. The van der Waals surface area contributed by atoms with Crippen LogP contribution in [0.4, 0.5) is 0 Å². The van der Waals surface area contributed by atoms with Crippen LogP contribution in [0.15, 0.2) is 29.3 Å². The van der Waals surface area contributed by atoms with E-state index >= 15 is 0 Å². The second-order valence-corrected chi connectivity index (χ2v) is 6.67. The van der Waals surface area contributed by atoms with Crippen molar-refractivity contribution >= 4 is 22.8 Å². The Labute approximate surface area is 125 Å². The number of aliphatic imine (C=N–C) groups is 1. The summed E-state index contributed by atoms with van der Waals surface area (Å²) in [7, 11) is 0. The molecule has 1 aliphatic rings. The van der Waals surface area contributed by atoms with Crippen LogP contribution in [0.3, 0.4) is 0 Å². The number of benzene rings is 1. The zero-order valence-electron chi connectivity index (χ0n) is 12.3. The fourth-order valence-corrected chi connectivity index (χ4v) is 2.92. The first-order valence-corrected chi connectivity index (χ1v) is 8.11. The maximum atomic E-state index is 12.2. The summed E-state index contributed by atoms with van der Waals surface area (Å²) in [6.45, 7) is 7.17. The lowest BCUT2D eigenvalue weighted by molar-refractivity contribution is -0.120. The zero-order valence-corrected chi connectivity index (χ0v) is 13.2. The first kappa shape index (κ1) is 15.1. The molecule has 0 unspecified atom stereocenters. The third-order valence-corrected chi connectivity index (χ3v) is 4.22. The van der Waals surface area contributed by atoms with Crippen molar-refractivity contribution < 1.29 is 4.79 Å². The molecule has 0 saturated heterocycles. The van der Waals surface area contributed by atoms with E-state index in [9.17, 15) is 4.79 Å². The summed E-state index contributed by atoms with van der Waals surface area (Å²) < 4.78 is 0. The number of amides is 1. The normalized spacial score (nSPS) is 16.1. The van der Waals surface area contributed by atoms with Gasteiger partial charge >= 0.3 is 0 Å². The molecule has 0 bridgehead atoms. The van der Waals surface area contributed by atoms with E-state index in [1.807, 2.05) is 6.92 Å². The molecule has 0 fully saturated rings. The number of rotatable bonds is 4. The molecule has 0 aliphatic carbocycles. The Balaban J connectivity index is 1.97. The maximum absolute atomic E-state index is 12.2. The standard InChI is InChI=1S/C16H22N2OS/c1-11(2)10-13-4-6-14(7-5-13)12(3)15(19)18-16-17-8-9-20-16/h4-7,11-12H,8-10H2,1-3H3,(H,17,18,19)/t12-/m1/s1. The average Bonchev–Trinajstić information content (AvgIpc) is 2.91. The van der Waals surface area contributed by atoms with Gasteiger partial charge < -0.3 is 5.32 Å². The molecule has 0 saturated carbocycles. The van der Waals surface area contributed by atoms with Gasteiger partial charge in [-0.15, -0.1) is 0 Å². The molecule has 20 heavy (non-hydrogen) atoms. The molecule has 0 aromatic heterocycles. The molecule has 108 valence electrons. The number of carbonyl (C=O) groups is 1. The smallest absolute Gasteiger partial charge is 0.233 e. The minimum Gasteiger partial charge on any atom is -0.305 e. The van der Waals surface area contributed by atoms with Crippen molar-refractivity contribution in [3.05, 3.63) is 35.4 Å². The number of hydrogen-bond donors (Lipinski definition) is 1. The van der Waals surface area contributed by atoms with Crippen molar-refractivity contribution in [2.45, 2.75) is 33.1 Å². The Morgan fingerprint density at radius 3 is 2.55 bits per heavy atom. The molecule has 1 N–H and O–H groups in total. The van der Waals surface area contributed by atoms with Crippen LogP contribution < -0.4 is 5.32 Å². The molecule has 1 aromatic rings. The number of nitrogens with one attached hydrogen (secondary N) is 1. The van der Waals surface area contributed by atoms with Crippen molar-refractivity contribution in [3.8, 4) is 0 Å². The van der Waals surface area contributed by atoms with E-state index in [2.05, 4.69) is 48.4 Å². The summed E-state index contributed by atoms with van der Waals surface area (Å²) in [5.74, 6) is 1.49. The number of amidine groups is 1. The van der Waals surface area contributed by atoms with Crippen molar-refractivity contribution in [2.75, 3.05) is 12.3 Å². The first-order chi connectivity index (χ1) is 9.56. The SMILES string of the molecule is CC(C)Cc1ccc([C@@H](C)C(=O)NC2=NCCS2)cc1. The predicted molar refractivity (Wildman–Crippen MR) is 86.3 cm³/mol. The Morgan fingerprint density at radius 1 is 1.30 bits per heavy atom. The van der Waals surface area contributed by atoms with E-state index in [-0.39, 0.29) is 11.8 Å². The van der Waals surface area contributed by atoms with Gasteiger partial charge in [0, 0.05) is 5.75 Å². The molecule has 2 rings (SSSR count). The summed E-state index contributed by atoms with van der Waals surface area (Å²) in [4.78, 5) is 16.4. The highest BCUT2D eigenvalue weighted by Gasteiger charge is 2.18. The van der Waals surface area contributed by atoms with E-state index in [1.54, 1.807) is 11.8 Å². The van der Waals surface area contributed by atoms with Crippen LogP contribution in [-0.2, 0) is 11.2 Å². The summed E-state index contributed by atoms with van der Waals surface area (Å²) >= 11 is 1.61. The van der Waals surface area contributed by atoms with Gasteiger partial charge in [0.1, 0.15) is 0 Å². The van der Waals surface area contributed by atoms with Gasteiger partial charge in [0.15, 0.2) is 5.17 Å². The highest BCUT2D eigenvalue weighted by Crippen LogP contribution is 2.19. The summed E-state index contributed by atoms with van der Waals surface area (Å²) in [6.07, 6.45) is 1.08. The van der Waals surface area contributed by atoms with Crippen LogP contribution in [0.2, 0.25) is 0 Å². The molecule has 1 aliphatic heterocycles. The number of thioether (sulfide) groups is 1. The van der Waals surface area contributed by atoms with Crippen LogP contribution in [0, 0.1) is 5.92 Å². The van der Waals surface area contributed by atoms with Gasteiger partial charge in [-0.05, 0) is 30.4 Å². The van der Waals surface area contributed by atoms with Crippen LogP contribution in [-0.4, -0.2) is 23.4 Å². The fraction of sp³-hybridized carbons (Fsp3) is 0.500. The van der Waals surface area contributed by atoms with Gasteiger partial charge in [-0.3, -0.25) is 9.79 Å². The molecular formula is C16H22N2OS. The van der Waals surface area contributed by atoms with Gasteiger partial charge in [-0.25, -0.2) is 0 Å². The quantitative estimate of drug-likeness (QED) is 0.925. The van der Waals surface area contributed by atoms with Crippen molar-refractivity contribution in [1.29, 1.82) is 0 Å². The van der Waals surface area contributed by atoms with Gasteiger partial charge in [0.2, 0.25) is 5.91 Å². The molecule has 1 aromatic carbocycles. The van der Waals surface area contributed by atoms with Crippen LogP contribution in [0.1, 0.15) is 37.8 Å². The van der Waals surface area contributed by atoms with Gasteiger partial charge in [-0.2, -0.15) is 0 Å². The molecule has 1 heterocycles. The van der Waals surface area contributed by atoms with Gasteiger partial charge in [0.25, 0.3) is 0 Å². The lowest BCUT2D eigenvalue weighted by Gasteiger charge is -2.13. The average molecular weight is 290 g/mol. The number of nitrogens with zero attached hydrogens (tertiary/aromatic N) is 1. The number of hydrogen-bond acceptors (Lipinski definition) is 3. The largest absolute Gasteiger partial charge is 0.305 e. The van der Waals surface area contributed by atoms with Gasteiger partial charge in [-0.1, -0.05) is 49.9 Å². The van der Waals surface area contributed by atoms with E-state index in [0.717, 1.165) is 29.4 Å². The predicted octanol–water partition coefficient (Wildman–Crippen LogP) is 3.21. The third kappa shape index (κ3) is 4.10. The Bertz CT molecular complexity index is 494. The number of carbonyl (C=O) groups excluding carboxylic acids is 1.